The minimum atomic E-state index is -0.856. The number of halogens is 2. The van der Waals surface area contributed by atoms with Crippen LogP contribution in [-0.4, -0.2) is 0 Å². The molecular weight excluding hydrogens is 240 g/mol. The van der Waals surface area contributed by atoms with E-state index in [1.54, 1.807) is 11.3 Å². The van der Waals surface area contributed by atoms with Gasteiger partial charge in [-0.25, -0.2) is 8.78 Å². The molecule has 17 heavy (non-hydrogen) atoms. The van der Waals surface area contributed by atoms with Gasteiger partial charge < -0.3 is 5.73 Å². The summed E-state index contributed by atoms with van der Waals surface area (Å²) in [4.78, 5) is 2.20. The van der Waals surface area contributed by atoms with Crippen LogP contribution in [-0.2, 0) is 6.42 Å². The lowest BCUT2D eigenvalue weighted by Crippen LogP contribution is -2.10. The van der Waals surface area contributed by atoms with Crippen LogP contribution in [0.2, 0.25) is 0 Å². The zero-order chi connectivity index (χ0) is 12.4. The van der Waals surface area contributed by atoms with Crippen LogP contribution in [0.25, 0.3) is 0 Å². The molecule has 4 heteroatoms. The predicted octanol–water partition coefficient (Wildman–Crippen LogP) is 3.64. The van der Waals surface area contributed by atoms with E-state index in [0.717, 1.165) is 23.4 Å². The van der Waals surface area contributed by atoms with Gasteiger partial charge in [0.15, 0.2) is 11.6 Å². The normalized spacial score (nSPS) is 12.7. The molecule has 0 radical (unpaired) electrons. The van der Waals surface area contributed by atoms with Crippen molar-refractivity contribution in [1.29, 1.82) is 0 Å². The molecule has 0 saturated carbocycles. The maximum Gasteiger partial charge on any atom is 0.159 e. The van der Waals surface area contributed by atoms with Crippen molar-refractivity contribution in [2.24, 2.45) is 5.73 Å². The van der Waals surface area contributed by atoms with Crippen LogP contribution in [0.1, 0.15) is 28.3 Å². The fourth-order valence-corrected chi connectivity index (χ4v) is 2.60. The van der Waals surface area contributed by atoms with E-state index in [1.807, 2.05) is 12.1 Å². The van der Waals surface area contributed by atoms with Gasteiger partial charge in [0.05, 0.1) is 6.04 Å². The molecule has 1 atom stereocenters. The van der Waals surface area contributed by atoms with E-state index < -0.39 is 17.7 Å². The molecule has 1 heterocycles. The van der Waals surface area contributed by atoms with E-state index >= 15 is 0 Å². The molecule has 0 amide bonds. The fraction of sp³-hybridized carbons (Fsp3) is 0.231. The van der Waals surface area contributed by atoms with Gasteiger partial charge in [-0.2, -0.15) is 0 Å². The molecule has 0 aliphatic rings. The fourth-order valence-electron chi connectivity index (χ4n) is 1.62. The van der Waals surface area contributed by atoms with Gasteiger partial charge in [0.1, 0.15) is 0 Å². The molecule has 0 spiro atoms. The van der Waals surface area contributed by atoms with Gasteiger partial charge in [-0.3, -0.25) is 0 Å². The molecule has 2 aromatic rings. The van der Waals surface area contributed by atoms with Crippen LogP contribution in [0.15, 0.2) is 30.3 Å². The summed E-state index contributed by atoms with van der Waals surface area (Å²) in [6, 6.07) is 7.35. The summed E-state index contributed by atoms with van der Waals surface area (Å²) in [7, 11) is 0. The number of hydrogen-bond donors (Lipinski definition) is 1. The Kier molecular flexibility index (Phi) is 3.54. The van der Waals surface area contributed by atoms with Gasteiger partial charge in [-0.05, 0) is 36.2 Å². The standard InChI is InChI=1S/C13H13F2NS/c1-2-9-4-6-12(17-9)13(16)8-3-5-10(14)11(15)7-8/h3-7,13H,2,16H2,1H3. The van der Waals surface area contributed by atoms with Crippen molar-refractivity contribution < 1.29 is 8.78 Å². The molecule has 1 aromatic carbocycles. The molecular formula is C13H13F2NS. The van der Waals surface area contributed by atoms with E-state index in [0.29, 0.717) is 5.56 Å². The second-order valence-electron chi connectivity index (χ2n) is 3.81. The largest absolute Gasteiger partial charge is 0.320 e. The van der Waals surface area contributed by atoms with Crippen molar-refractivity contribution in [2.45, 2.75) is 19.4 Å². The highest BCUT2D eigenvalue weighted by Gasteiger charge is 2.13. The Morgan fingerprint density at radius 3 is 2.53 bits per heavy atom. The Morgan fingerprint density at radius 1 is 1.18 bits per heavy atom. The first-order valence-electron chi connectivity index (χ1n) is 5.41. The maximum absolute atomic E-state index is 13.1. The van der Waals surface area contributed by atoms with Gasteiger partial charge >= 0.3 is 0 Å². The van der Waals surface area contributed by atoms with Gasteiger partial charge in [0.2, 0.25) is 0 Å². The first kappa shape index (κ1) is 12.2. The number of hydrogen-bond acceptors (Lipinski definition) is 2. The highest BCUT2D eigenvalue weighted by molar-refractivity contribution is 7.12. The van der Waals surface area contributed by atoms with Crippen LogP contribution in [0.4, 0.5) is 8.78 Å². The summed E-state index contributed by atoms with van der Waals surface area (Å²) in [5.74, 6) is -1.70. The second-order valence-corrected chi connectivity index (χ2v) is 5.01. The van der Waals surface area contributed by atoms with Gasteiger partial charge in [-0.15, -0.1) is 11.3 Å². The highest BCUT2D eigenvalue weighted by atomic mass is 32.1. The molecule has 0 saturated heterocycles. The quantitative estimate of drug-likeness (QED) is 0.888. The van der Waals surface area contributed by atoms with Crippen LogP contribution in [0.3, 0.4) is 0 Å². The first-order valence-corrected chi connectivity index (χ1v) is 6.22. The summed E-state index contributed by atoms with van der Waals surface area (Å²) in [6.45, 7) is 2.07. The maximum atomic E-state index is 13.1. The summed E-state index contributed by atoms with van der Waals surface area (Å²) < 4.78 is 25.9. The number of aryl methyl sites for hydroxylation is 1. The Balaban J connectivity index is 2.29. The summed E-state index contributed by atoms with van der Waals surface area (Å²) in [6.07, 6.45) is 0.954. The smallest absolute Gasteiger partial charge is 0.159 e. The number of nitrogens with two attached hydrogens (primary N) is 1. The number of thiophene rings is 1. The monoisotopic (exact) mass is 253 g/mol. The lowest BCUT2D eigenvalue weighted by molar-refractivity contribution is 0.506. The van der Waals surface area contributed by atoms with Crippen LogP contribution in [0.5, 0.6) is 0 Å². The van der Waals surface area contributed by atoms with E-state index in [2.05, 4.69) is 6.92 Å². The third kappa shape index (κ3) is 2.53. The van der Waals surface area contributed by atoms with E-state index in [-0.39, 0.29) is 0 Å². The second kappa shape index (κ2) is 4.94. The Hall–Kier alpha value is -1.26. The molecule has 1 unspecified atom stereocenters. The van der Waals surface area contributed by atoms with E-state index in [4.69, 9.17) is 5.73 Å². The van der Waals surface area contributed by atoms with Gasteiger partial charge in [0, 0.05) is 9.75 Å². The van der Waals surface area contributed by atoms with Gasteiger partial charge in [0.25, 0.3) is 0 Å². The predicted molar refractivity (Wildman–Crippen MR) is 66.1 cm³/mol. The van der Waals surface area contributed by atoms with Crippen LogP contribution < -0.4 is 5.73 Å². The Labute approximate surface area is 103 Å². The zero-order valence-electron chi connectivity index (χ0n) is 9.41. The molecule has 2 N–H and O–H groups in total. The SMILES string of the molecule is CCc1ccc(C(N)c2ccc(F)c(F)c2)s1. The molecule has 1 nitrogen and oxygen atoms in total. The van der Waals surface area contributed by atoms with Crippen molar-refractivity contribution in [3.05, 3.63) is 57.3 Å². The van der Waals surface area contributed by atoms with Crippen molar-refractivity contribution in [3.8, 4) is 0 Å². The Morgan fingerprint density at radius 2 is 1.94 bits per heavy atom. The third-order valence-corrected chi connectivity index (χ3v) is 3.95. The van der Waals surface area contributed by atoms with Crippen molar-refractivity contribution in [1.82, 2.24) is 0 Å². The molecule has 0 fully saturated rings. The van der Waals surface area contributed by atoms with Crippen molar-refractivity contribution >= 4 is 11.3 Å². The molecule has 2 rings (SSSR count). The minimum absolute atomic E-state index is 0.393. The molecule has 0 aliphatic carbocycles. The molecule has 0 bridgehead atoms. The molecule has 1 aromatic heterocycles. The average molecular weight is 253 g/mol. The van der Waals surface area contributed by atoms with Crippen molar-refractivity contribution in [2.75, 3.05) is 0 Å². The molecule has 0 aliphatic heterocycles. The van der Waals surface area contributed by atoms with Crippen molar-refractivity contribution in [3.63, 3.8) is 0 Å². The number of rotatable bonds is 3. The third-order valence-electron chi connectivity index (χ3n) is 2.64. The average Bonchev–Trinajstić information content (AvgIpc) is 2.80. The van der Waals surface area contributed by atoms with Crippen LogP contribution in [0, 0.1) is 11.6 Å². The minimum Gasteiger partial charge on any atom is -0.320 e. The highest BCUT2D eigenvalue weighted by Crippen LogP contribution is 2.27. The van der Waals surface area contributed by atoms with Crippen LogP contribution >= 0.6 is 11.3 Å². The van der Waals surface area contributed by atoms with E-state index in [1.165, 1.54) is 10.9 Å². The summed E-state index contributed by atoms with van der Waals surface area (Å²) in [5.41, 5.74) is 6.62. The van der Waals surface area contributed by atoms with E-state index in [9.17, 15) is 8.78 Å². The zero-order valence-corrected chi connectivity index (χ0v) is 10.2. The molecule has 90 valence electrons. The summed E-state index contributed by atoms with van der Waals surface area (Å²) >= 11 is 1.60. The van der Waals surface area contributed by atoms with Gasteiger partial charge in [-0.1, -0.05) is 13.0 Å². The Bertz CT molecular complexity index is 522. The lowest BCUT2D eigenvalue weighted by atomic mass is 10.1. The first-order chi connectivity index (χ1) is 8.11. The lowest BCUT2D eigenvalue weighted by Gasteiger charge is -2.10. The summed E-state index contributed by atoms with van der Waals surface area (Å²) in [5, 5.41) is 0. The number of benzene rings is 1. The topological polar surface area (TPSA) is 26.0 Å².